The second-order valence-corrected chi connectivity index (χ2v) is 11.7. The summed E-state index contributed by atoms with van der Waals surface area (Å²) in [7, 11) is 0. The van der Waals surface area contributed by atoms with Crippen molar-refractivity contribution in [3.8, 4) is 0 Å². The second kappa shape index (κ2) is 9.73. The number of carbonyl (C=O) groups excluding carboxylic acids is 2. The molecule has 1 aliphatic heterocycles. The molecular weight excluding hydrogens is 515 g/mol. The fourth-order valence-electron chi connectivity index (χ4n) is 3.40. The highest BCUT2D eigenvalue weighted by atomic mass is 35.5. The molecule has 4 rings (SSSR count). The summed E-state index contributed by atoms with van der Waals surface area (Å²) in [4.78, 5) is 27.8. The number of hydrogen-bond acceptors (Lipinski definition) is 4. The molecule has 3 aromatic carbocycles. The number of hydrogen-bond donors (Lipinski definition) is 0. The summed E-state index contributed by atoms with van der Waals surface area (Å²) in [6.07, 6.45) is 0. The maximum Gasteiger partial charge on any atom is 0.200 e. The minimum Gasteiger partial charge on any atom is -0.288 e. The van der Waals surface area contributed by atoms with Crippen LogP contribution in [-0.2, 0) is 4.08 Å². The molecule has 0 saturated carbocycles. The van der Waals surface area contributed by atoms with Crippen LogP contribution in [0.5, 0.6) is 0 Å². The van der Waals surface area contributed by atoms with Crippen molar-refractivity contribution in [1.29, 1.82) is 0 Å². The van der Waals surface area contributed by atoms with Gasteiger partial charge in [0.25, 0.3) is 0 Å². The highest BCUT2D eigenvalue weighted by Crippen LogP contribution is 2.70. The number of alkyl halides is 2. The Morgan fingerprint density at radius 3 is 1.42 bits per heavy atom. The van der Waals surface area contributed by atoms with Crippen molar-refractivity contribution in [3.05, 3.63) is 129 Å². The summed E-state index contributed by atoms with van der Waals surface area (Å²) in [6, 6.07) is 26.8. The Labute approximate surface area is 216 Å². The highest BCUT2D eigenvalue weighted by Gasteiger charge is 2.59. The first-order valence-electron chi connectivity index (χ1n) is 9.88. The molecule has 7 heteroatoms. The number of thioether (sulfide) groups is 2. The van der Waals surface area contributed by atoms with Crippen molar-refractivity contribution in [2.24, 2.45) is 0 Å². The zero-order chi connectivity index (χ0) is 23.6. The average molecular weight is 532 g/mol. The van der Waals surface area contributed by atoms with Crippen LogP contribution < -0.4 is 0 Å². The fourth-order valence-corrected chi connectivity index (χ4v) is 7.63. The molecule has 0 unspecified atom stereocenters. The fraction of sp³-hybridized carbons (Fsp3) is 0.0769. The van der Waals surface area contributed by atoms with Gasteiger partial charge in [-0.3, -0.25) is 9.59 Å². The maximum absolute atomic E-state index is 13.6. The van der Waals surface area contributed by atoms with Crippen LogP contribution in [0.4, 0.5) is 0 Å². The third-order valence-electron chi connectivity index (χ3n) is 5.09. The van der Waals surface area contributed by atoms with Gasteiger partial charge in [-0.1, -0.05) is 156 Å². The van der Waals surface area contributed by atoms with Gasteiger partial charge in [0.15, 0.2) is 4.33 Å². The Balaban J connectivity index is 1.92. The molecule has 0 N–H and O–H groups in total. The molecule has 1 heterocycles. The van der Waals surface area contributed by atoms with Crippen LogP contribution >= 0.6 is 58.3 Å². The summed E-state index contributed by atoms with van der Waals surface area (Å²) in [5, 5.41) is -0.00499. The molecule has 2 nitrogen and oxygen atoms in total. The van der Waals surface area contributed by atoms with Crippen LogP contribution in [0.1, 0.15) is 26.3 Å². The third-order valence-corrected chi connectivity index (χ3v) is 10.5. The van der Waals surface area contributed by atoms with E-state index in [0.717, 1.165) is 23.5 Å². The molecular formula is C26H17Cl3O2S2. The molecule has 1 aliphatic rings. The van der Waals surface area contributed by atoms with Crippen LogP contribution in [0.2, 0.25) is 0 Å². The van der Waals surface area contributed by atoms with Crippen LogP contribution in [0.3, 0.4) is 0 Å². The number of benzene rings is 3. The van der Waals surface area contributed by atoms with E-state index in [4.69, 9.17) is 34.8 Å². The standard InChI is InChI=1S/C26H17Cl3O2S2/c1-17(27)25(28,29)26(20-15-9-4-10-16-20)32-23(21(30)18-11-5-2-6-12-18)24(33-26)22(31)19-13-7-3-8-14-19/h2-16H,1H2. The van der Waals surface area contributed by atoms with Crippen molar-refractivity contribution in [3.63, 3.8) is 0 Å². The Morgan fingerprint density at radius 1 is 0.697 bits per heavy atom. The van der Waals surface area contributed by atoms with E-state index in [1.165, 1.54) is 0 Å². The molecule has 0 aliphatic carbocycles. The van der Waals surface area contributed by atoms with Crippen molar-refractivity contribution in [2.75, 3.05) is 0 Å². The summed E-state index contributed by atoms with van der Waals surface area (Å²) in [5.74, 6) is -0.566. The predicted octanol–water partition coefficient (Wildman–Crippen LogP) is 8.22. The number of allylic oxidation sites excluding steroid dienone is 3. The van der Waals surface area contributed by atoms with E-state index in [2.05, 4.69) is 6.58 Å². The molecule has 0 amide bonds. The number of halogens is 3. The summed E-state index contributed by atoms with van der Waals surface area (Å²) >= 11 is 22.3. The normalized spacial score (nSPS) is 15.4. The molecule has 33 heavy (non-hydrogen) atoms. The number of rotatable bonds is 7. The van der Waals surface area contributed by atoms with Gasteiger partial charge in [0.2, 0.25) is 11.6 Å². The first-order valence-corrected chi connectivity index (χ1v) is 12.6. The van der Waals surface area contributed by atoms with Crippen LogP contribution in [0.25, 0.3) is 0 Å². The Morgan fingerprint density at radius 2 is 1.06 bits per heavy atom. The predicted molar refractivity (Wildman–Crippen MR) is 141 cm³/mol. The largest absolute Gasteiger partial charge is 0.288 e. The van der Waals surface area contributed by atoms with Gasteiger partial charge in [0, 0.05) is 16.2 Å². The van der Waals surface area contributed by atoms with Gasteiger partial charge >= 0.3 is 0 Å². The van der Waals surface area contributed by atoms with Gasteiger partial charge in [0.1, 0.15) is 4.08 Å². The van der Waals surface area contributed by atoms with Gasteiger partial charge in [-0.05, 0) is 5.56 Å². The monoisotopic (exact) mass is 530 g/mol. The Kier molecular flexibility index (Phi) is 7.13. The van der Waals surface area contributed by atoms with E-state index < -0.39 is 8.41 Å². The van der Waals surface area contributed by atoms with Crippen molar-refractivity contribution >= 4 is 69.9 Å². The average Bonchev–Trinajstić information content (AvgIpc) is 3.27. The van der Waals surface area contributed by atoms with Crippen molar-refractivity contribution in [1.82, 2.24) is 0 Å². The van der Waals surface area contributed by atoms with E-state index in [-0.39, 0.29) is 26.4 Å². The summed E-state index contributed by atoms with van der Waals surface area (Å²) in [6.45, 7) is 3.78. The van der Waals surface area contributed by atoms with E-state index in [9.17, 15) is 9.59 Å². The van der Waals surface area contributed by atoms with E-state index in [0.29, 0.717) is 16.7 Å². The molecule has 0 atom stereocenters. The molecule has 0 spiro atoms. The lowest BCUT2D eigenvalue weighted by atomic mass is 10.1. The molecule has 0 saturated heterocycles. The number of ketones is 2. The van der Waals surface area contributed by atoms with Gasteiger partial charge in [-0.2, -0.15) is 0 Å². The molecule has 0 radical (unpaired) electrons. The van der Waals surface area contributed by atoms with Gasteiger partial charge < -0.3 is 0 Å². The van der Waals surface area contributed by atoms with Crippen molar-refractivity contribution in [2.45, 2.75) is 8.41 Å². The van der Waals surface area contributed by atoms with Gasteiger partial charge in [-0.15, -0.1) is 0 Å². The van der Waals surface area contributed by atoms with Crippen LogP contribution in [0.15, 0.2) is 112 Å². The quantitative estimate of drug-likeness (QED) is 0.227. The maximum atomic E-state index is 13.6. The number of carbonyl (C=O) groups is 2. The first kappa shape index (κ1) is 24.2. The minimum atomic E-state index is -1.70. The second-order valence-electron chi connectivity index (χ2n) is 7.21. The minimum absolute atomic E-state index is 0.00499. The molecule has 0 bridgehead atoms. The van der Waals surface area contributed by atoms with E-state index in [1.807, 2.05) is 42.5 Å². The molecule has 166 valence electrons. The smallest absolute Gasteiger partial charge is 0.200 e. The Bertz CT molecular complexity index is 1180. The van der Waals surface area contributed by atoms with Crippen LogP contribution in [-0.4, -0.2) is 15.9 Å². The zero-order valence-electron chi connectivity index (χ0n) is 17.1. The number of Topliss-reactive ketones (excluding diaryl/α,β-unsaturated/α-hetero) is 2. The lowest BCUT2D eigenvalue weighted by Crippen LogP contribution is -2.37. The summed E-state index contributed by atoms with van der Waals surface area (Å²) in [5.41, 5.74) is 1.63. The lowest BCUT2D eigenvalue weighted by Gasteiger charge is -2.39. The topological polar surface area (TPSA) is 34.1 Å². The van der Waals surface area contributed by atoms with Gasteiger partial charge in [-0.25, -0.2) is 0 Å². The third kappa shape index (κ3) is 4.43. The van der Waals surface area contributed by atoms with Crippen LogP contribution in [0, 0.1) is 0 Å². The molecule has 0 aromatic heterocycles. The van der Waals surface area contributed by atoms with Crippen molar-refractivity contribution < 1.29 is 9.59 Å². The Hall–Kier alpha value is -1.95. The molecule has 0 fully saturated rings. The highest BCUT2D eigenvalue weighted by molar-refractivity contribution is 8.25. The van der Waals surface area contributed by atoms with Gasteiger partial charge in [0.05, 0.1) is 9.81 Å². The van der Waals surface area contributed by atoms with E-state index >= 15 is 0 Å². The molecule has 3 aromatic rings. The first-order chi connectivity index (χ1) is 15.8. The lowest BCUT2D eigenvalue weighted by molar-refractivity contribution is 0.101. The van der Waals surface area contributed by atoms with E-state index in [1.54, 1.807) is 48.5 Å². The summed E-state index contributed by atoms with van der Waals surface area (Å²) < 4.78 is -2.91. The SMILES string of the molecule is C=C(Cl)C(Cl)(Cl)C1(c2ccccc2)SC(C(=O)c2ccccc2)=C(C(=O)c2ccccc2)S1. The zero-order valence-corrected chi connectivity index (χ0v) is 21.0.